The second-order valence-electron chi connectivity index (χ2n) is 6.51. The number of ether oxygens (including phenoxy) is 2. The summed E-state index contributed by atoms with van der Waals surface area (Å²) in [5, 5.41) is 11.6. The molecule has 28 heavy (non-hydrogen) atoms. The van der Waals surface area contributed by atoms with Crippen molar-refractivity contribution in [2.24, 2.45) is 0 Å². The van der Waals surface area contributed by atoms with Crippen molar-refractivity contribution in [1.29, 1.82) is 0 Å². The maximum atomic E-state index is 12.3. The molecule has 0 spiro atoms. The van der Waals surface area contributed by atoms with E-state index in [0.29, 0.717) is 25.7 Å². The van der Waals surface area contributed by atoms with E-state index in [1.54, 1.807) is 0 Å². The van der Waals surface area contributed by atoms with Crippen LogP contribution in [0, 0.1) is 0 Å². The van der Waals surface area contributed by atoms with Crippen molar-refractivity contribution in [2.75, 3.05) is 14.2 Å². The Balaban J connectivity index is 2.12. The number of carbonyl (C=O) groups excluding carboxylic acids is 2. The molecule has 2 unspecified atom stereocenters. The minimum atomic E-state index is -0.968. The Labute approximate surface area is 165 Å². The van der Waals surface area contributed by atoms with Crippen molar-refractivity contribution in [1.82, 2.24) is 5.06 Å². The van der Waals surface area contributed by atoms with E-state index in [1.165, 1.54) is 14.2 Å². The first-order valence-corrected chi connectivity index (χ1v) is 9.27. The van der Waals surface area contributed by atoms with Crippen LogP contribution in [0.2, 0.25) is 0 Å². The number of esters is 2. The van der Waals surface area contributed by atoms with E-state index in [2.05, 4.69) is 0 Å². The van der Waals surface area contributed by atoms with Gasteiger partial charge in [-0.05, 0) is 36.8 Å². The largest absolute Gasteiger partial charge is 0.468 e. The van der Waals surface area contributed by atoms with Gasteiger partial charge in [-0.25, -0.2) is 0 Å². The summed E-state index contributed by atoms with van der Waals surface area (Å²) < 4.78 is 9.71. The van der Waals surface area contributed by atoms with Crippen molar-refractivity contribution >= 4 is 11.9 Å². The van der Waals surface area contributed by atoms with Gasteiger partial charge in [0, 0.05) is 0 Å². The molecule has 2 aromatic rings. The van der Waals surface area contributed by atoms with E-state index in [-0.39, 0.29) is 0 Å². The molecule has 0 heterocycles. The zero-order valence-electron chi connectivity index (χ0n) is 16.3. The zero-order valence-corrected chi connectivity index (χ0v) is 16.3. The molecular weight excluding hydrogens is 358 g/mol. The van der Waals surface area contributed by atoms with Crippen LogP contribution < -0.4 is 0 Å². The number of hydroxylamine groups is 2. The van der Waals surface area contributed by atoms with Crippen LogP contribution in [0.15, 0.2) is 60.7 Å². The van der Waals surface area contributed by atoms with Crippen LogP contribution in [0.1, 0.15) is 24.0 Å². The molecule has 0 aliphatic carbocycles. The van der Waals surface area contributed by atoms with Gasteiger partial charge in [0.2, 0.25) is 0 Å². The minimum Gasteiger partial charge on any atom is -0.468 e. The first-order valence-electron chi connectivity index (χ1n) is 9.27. The quantitative estimate of drug-likeness (QED) is 0.500. The van der Waals surface area contributed by atoms with Gasteiger partial charge in [0.25, 0.3) is 0 Å². The lowest BCUT2D eigenvalue weighted by Crippen LogP contribution is -2.50. The topological polar surface area (TPSA) is 76.1 Å². The van der Waals surface area contributed by atoms with E-state index >= 15 is 0 Å². The Morgan fingerprint density at radius 2 is 1.14 bits per heavy atom. The van der Waals surface area contributed by atoms with E-state index in [9.17, 15) is 14.8 Å². The maximum Gasteiger partial charge on any atom is 0.325 e. The van der Waals surface area contributed by atoms with Crippen LogP contribution in [0.5, 0.6) is 0 Å². The number of hydrogen-bond donors (Lipinski definition) is 1. The lowest BCUT2D eigenvalue weighted by molar-refractivity contribution is -0.198. The first-order chi connectivity index (χ1) is 13.6. The molecule has 0 saturated carbocycles. The zero-order chi connectivity index (χ0) is 20.4. The van der Waals surface area contributed by atoms with E-state index in [0.717, 1.165) is 16.2 Å². The smallest absolute Gasteiger partial charge is 0.325 e. The molecule has 6 nitrogen and oxygen atoms in total. The number of aryl methyl sites for hydroxylation is 2. The first kappa shape index (κ1) is 21.6. The molecule has 2 rings (SSSR count). The van der Waals surface area contributed by atoms with Gasteiger partial charge in [-0.15, -0.1) is 0 Å². The van der Waals surface area contributed by atoms with E-state index < -0.39 is 24.0 Å². The molecular formula is C22H27NO5. The fourth-order valence-corrected chi connectivity index (χ4v) is 3.10. The molecule has 0 amide bonds. The lowest BCUT2D eigenvalue weighted by Gasteiger charge is -2.30. The third-order valence-electron chi connectivity index (χ3n) is 4.68. The molecule has 0 aliphatic rings. The molecule has 6 heteroatoms. The molecule has 1 N–H and O–H groups in total. The molecule has 0 saturated heterocycles. The van der Waals surface area contributed by atoms with Crippen LogP contribution in [0.25, 0.3) is 0 Å². The van der Waals surface area contributed by atoms with Gasteiger partial charge >= 0.3 is 11.9 Å². The summed E-state index contributed by atoms with van der Waals surface area (Å²) in [6, 6.07) is 17.3. The highest BCUT2D eigenvalue weighted by Crippen LogP contribution is 2.17. The molecule has 0 aliphatic heterocycles. The molecule has 150 valence electrons. The number of nitrogens with zero attached hydrogens (tertiary/aromatic N) is 1. The SMILES string of the molecule is COC(=O)C(CCc1ccccc1)N(O)C(CCc1ccccc1)C(=O)OC. The summed E-state index contributed by atoms with van der Waals surface area (Å²) in [5.41, 5.74) is 2.06. The van der Waals surface area contributed by atoms with Crippen LogP contribution in [0.3, 0.4) is 0 Å². The highest BCUT2D eigenvalue weighted by molar-refractivity contribution is 5.79. The summed E-state index contributed by atoms with van der Waals surface area (Å²) in [4.78, 5) is 24.6. The summed E-state index contributed by atoms with van der Waals surface area (Å²) in [6.45, 7) is 0. The molecule has 0 radical (unpaired) electrons. The van der Waals surface area contributed by atoms with Crippen LogP contribution >= 0.6 is 0 Å². The average molecular weight is 385 g/mol. The fourth-order valence-electron chi connectivity index (χ4n) is 3.10. The number of hydrogen-bond acceptors (Lipinski definition) is 6. The Morgan fingerprint density at radius 3 is 1.46 bits per heavy atom. The van der Waals surface area contributed by atoms with Gasteiger partial charge in [-0.1, -0.05) is 60.7 Å². The Kier molecular flexibility index (Phi) is 8.65. The third-order valence-corrected chi connectivity index (χ3v) is 4.68. The Hall–Kier alpha value is -2.70. The monoisotopic (exact) mass is 385 g/mol. The van der Waals surface area contributed by atoms with Gasteiger partial charge in [0.15, 0.2) is 0 Å². The maximum absolute atomic E-state index is 12.3. The van der Waals surface area contributed by atoms with E-state index in [1.807, 2.05) is 60.7 Å². The van der Waals surface area contributed by atoms with Gasteiger partial charge in [-0.3, -0.25) is 9.59 Å². The summed E-state index contributed by atoms with van der Waals surface area (Å²) in [7, 11) is 2.53. The molecule has 0 aromatic heterocycles. The second kappa shape index (κ2) is 11.2. The van der Waals surface area contributed by atoms with Crippen molar-refractivity contribution in [3.8, 4) is 0 Å². The third kappa shape index (κ3) is 6.18. The molecule has 2 aromatic carbocycles. The summed E-state index contributed by atoms with van der Waals surface area (Å²) in [5.74, 6) is -1.18. The predicted molar refractivity (Wildman–Crippen MR) is 105 cm³/mol. The minimum absolute atomic E-state index is 0.312. The van der Waals surface area contributed by atoms with Gasteiger partial charge < -0.3 is 14.7 Å². The van der Waals surface area contributed by atoms with Crippen LogP contribution in [0.4, 0.5) is 0 Å². The van der Waals surface area contributed by atoms with Gasteiger partial charge in [0.1, 0.15) is 12.1 Å². The van der Waals surface area contributed by atoms with Gasteiger partial charge in [0.05, 0.1) is 14.2 Å². The predicted octanol–water partition coefficient (Wildman–Crippen LogP) is 3.03. The van der Waals surface area contributed by atoms with Crippen molar-refractivity contribution in [2.45, 2.75) is 37.8 Å². The molecule has 0 bridgehead atoms. The van der Waals surface area contributed by atoms with E-state index in [4.69, 9.17) is 9.47 Å². The lowest BCUT2D eigenvalue weighted by atomic mass is 10.0. The van der Waals surface area contributed by atoms with Crippen molar-refractivity contribution in [3.63, 3.8) is 0 Å². The van der Waals surface area contributed by atoms with Crippen LogP contribution in [-0.4, -0.2) is 48.5 Å². The Morgan fingerprint density at radius 1 is 0.786 bits per heavy atom. The highest BCUT2D eigenvalue weighted by Gasteiger charge is 2.35. The number of benzene rings is 2. The summed E-state index contributed by atoms with van der Waals surface area (Å²) >= 11 is 0. The number of methoxy groups -OCH3 is 2. The number of carbonyl (C=O) groups is 2. The second-order valence-corrected chi connectivity index (χ2v) is 6.51. The summed E-state index contributed by atoms with van der Waals surface area (Å²) in [6.07, 6.45) is 1.74. The van der Waals surface area contributed by atoms with Crippen molar-refractivity contribution in [3.05, 3.63) is 71.8 Å². The number of rotatable bonds is 10. The molecule has 0 fully saturated rings. The molecule has 2 atom stereocenters. The average Bonchev–Trinajstić information content (AvgIpc) is 2.75. The van der Waals surface area contributed by atoms with Crippen molar-refractivity contribution < 1.29 is 24.3 Å². The van der Waals surface area contributed by atoms with Crippen LogP contribution in [-0.2, 0) is 31.9 Å². The Bertz CT molecular complexity index is 672. The standard InChI is InChI=1S/C22H27NO5/c1-27-21(24)19(15-13-17-9-5-3-6-10-17)23(26)20(22(25)28-2)16-14-18-11-7-4-8-12-18/h3-12,19-20,26H,13-16H2,1-2H3. The van der Waals surface area contributed by atoms with Gasteiger partial charge in [-0.2, -0.15) is 5.06 Å². The fraction of sp³-hybridized carbons (Fsp3) is 0.364. The normalized spacial score (nSPS) is 13.0. The highest BCUT2D eigenvalue weighted by atomic mass is 16.6.